The Balaban J connectivity index is 1.53. The summed E-state index contributed by atoms with van der Waals surface area (Å²) >= 11 is 6.07. The Labute approximate surface area is 205 Å². The molecule has 180 valence electrons. The van der Waals surface area contributed by atoms with Gasteiger partial charge >= 0.3 is 0 Å². The molecule has 1 aliphatic heterocycles. The molecule has 0 radical (unpaired) electrons. The van der Waals surface area contributed by atoms with Crippen LogP contribution in [0.25, 0.3) is 11.0 Å². The molecule has 1 fully saturated rings. The third-order valence-corrected chi connectivity index (χ3v) is 8.95. The maximum atomic E-state index is 13.4. The molecule has 8 nitrogen and oxygen atoms in total. The number of hydrogen-bond acceptors (Lipinski definition) is 7. The van der Waals surface area contributed by atoms with Gasteiger partial charge in [-0.15, -0.1) is 0 Å². The number of hydrogen-bond donors (Lipinski definition) is 1. The molecular weight excluding hydrogens is 494 g/mol. The van der Waals surface area contributed by atoms with Gasteiger partial charge in [-0.05, 0) is 61.5 Å². The molecule has 3 atom stereocenters. The van der Waals surface area contributed by atoms with Crippen LogP contribution in [0.15, 0.2) is 79.8 Å². The van der Waals surface area contributed by atoms with E-state index in [1.807, 2.05) is 0 Å². The fourth-order valence-corrected chi connectivity index (χ4v) is 6.33. The predicted octanol–water partition coefficient (Wildman–Crippen LogP) is 3.96. The Bertz CT molecular complexity index is 1670. The normalized spacial score (nSPS) is 25.0. The van der Waals surface area contributed by atoms with Crippen molar-refractivity contribution in [3.05, 3.63) is 81.6 Å². The van der Waals surface area contributed by atoms with E-state index in [9.17, 15) is 18.3 Å². The second-order valence-corrected chi connectivity index (χ2v) is 11.5. The molecule has 0 spiro atoms. The summed E-state index contributed by atoms with van der Waals surface area (Å²) in [5, 5.41) is 12.2. The van der Waals surface area contributed by atoms with Crippen molar-refractivity contribution in [3.63, 3.8) is 0 Å². The number of benzene rings is 3. The van der Waals surface area contributed by atoms with E-state index in [0.717, 1.165) is 4.74 Å². The van der Waals surface area contributed by atoms with Gasteiger partial charge in [0.2, 0.25) is 9.84 Å². The molecule has 1 saturated carbocycles. The van der Waals surface area contributed by atoms with Gasteiger partial charge in [0.15, 0.2) is 5.58 Å². The molecule has 3 aromatic carbocycles. The second-order valence-electron chi connectivity index (χ2n) is 9.08. The van der Waals surface area contributed by atoms with E-state index in [1.54, 1.807) is 37.3 Å². The minimum atomic E-state index is -3.91. The Morgan fingerprint density at radius 1 is 1.09 bits per heavy atom. The SMILES string of the molecule is COc1ccc(S(=O)(=O)c2ccc3c(c2)[C@@H](n2oc4cc(Cl)ccc4c2=O)[C@@]2(O)CC2(C)O3)cc1. The van der Waals surface area contributed by atoms with Crippen LogP contribution in [0.5, 0.6) is 11.5 Å². The number of aromatic nitrogens is 1. The van der Waals surface area contributed by atoms with Crippen molar-refractivity contribution in [1.29, 1.82) is 0 Å². The van der Waals surface area contributed by atoms with Crippen LogP contribution in [-0.2, 0) is 9.84 Å². The summed E-state index contributed by atoms with van der Waals surface area (Å²) in [6.45, 7) is 1.75. The summed E-state index contributed by atoms with van der Waals surface area (Å²) in [6, 6.07) is 14.1. The van der Waals surface area contributed by atoms with Gasteiger partial charge in [0.1, 0.15) is 28.7 Å². The molecule has 4 aromatic rings. The third kappa shape index (κ3) is 3.08. The zero-order valence-electron chi connectivity index (χ0n) is 18.7. The summed E-state index contributed by atoms with van der Waals surface area (Å²) in [4.78, 5) is 13.3. The standard InChI is InChI=1S/C25H20ClNO7S/c1-24-13-25(24,29)22(27-23(28)18-9-3-14(26)11-21(18)34-27)19-12-17(8-10-20(19)33-24)35(30,31)16-6-4-15(32-2)5-7-16/h3-12,22,29H,13H2,1-2H3/t22-,24?,25+/m1/s1. The number of methoxy groups -OCH3 is 1. The molecule has 10 heteroatoms. The van der Waals surface area contributed by atoms with Gasteiger partial charge in [-0.25, -0.2) is 8.42 Å². The van der Waals surface area contributed by atoms with Crippen molar-refractivity contribution in [1.82, 2.24) is 4.74 Å². The molecule has 2 aliphatic rings. The molecular formula is C25H20ClNO7S. The Hall–Kier alpha value is -3.27. The van der Waals surface area contributed by atoms with Crippen molar-refractivity contribution in [3.8, 4) is 11.5 Å². The van der Waals surface area contributed by atoms with Gasteiger partial charge in [-0.1, -0.05) is 11.6 Å². The van der Waals surface area contributed by atoms with Crippen molar-refractivity contribution >= 4 is 32.4 Å². The first kappa shape index (κ1) is 22.2. The van der Waals surface area contributed by atoms with E-state index < -0.39 is 32.6 Å². The molecule has 1 unspecified atom stereocenters. The molecule has 0 amide bonds. The first-order valence-corrected chi connectivity index (χ1v) is 12.7. The molecule has 35 heavy (non-hydrogen) atoms. The van der Waals surface area contributed by atoms with Crippen LogP contribution in [0.4, 0.5) is 0 Å². The molecule has 1 aliphatic carbocycles. The predicted molar refractivity (Wildman–Crippen MR) is 127 cm³/mol. The Morgan fingerprint density at radius 2 is 1.80 bits per heavy atom. The lowest BCUT2D eigenvalue weighted by Gasteiger charge is -2.34. The number of fused-ring (bicyclic) bond motifs is 3. The highest BCUT2D eigenvalue weighted by molar-refractivity contribution is 7.91. The van der Waals surface area contributed by atoms with Crippen LogP contribution < -0.4 is 15.0 Å². The van der Waals surface area contributed by atoms with Crippen molar-refractivity contribution in [2.24, 2.45) is 0 Å². The van der Waals surface area contributed by atoms with Crippen LogP contribution in [0, 0.1) is 0 Å². The fraction of sp³-hybridized carbons (Fsp3) is 0.240. The summed E-state index contributed by atoms with van der Waals surface area (Å²) < 4.78 is 44.9. The first-order valence-electron chi connectivity index (χ1n) is 10.8. The van der Waals surface area contributed by atoms with E-state index in [2.05, 4.69) is 0 Å². The highest BCUT2D eigenvalue weighted by Gasteiger charge is 2.74. The average Bonchev–Trinajstić information content (AvgIpc) is 3.27. The second kappa shape index (κ2) is 7.13. The van der Waals surface area contributed by atoms with E-state index >= 15 is 0 Å². The van der Waals surface area contributed by atoms with Crippen LogP contribution >= 0.6 is 11.6 Å². The van der Waals surface area contributed by atoms with E-state index in [-0.39, 0.29) is 21.8 Å². The van der Waals surface area contributed by atoms with Gasteiger partial charge in [0.05, 0.1) is 22.3 Å². The molecule has 1 aromatic heterocycles. The van der Waals surface area contributed by atoms with Gasteiger partial charge in [-0.3, -0.25) is 4.79 Å². The van der Waals surface area contributed by atoms with E-state index in [0.29, 0.717) is 27.5 Å². The Kier molecular flexibility index (Phi) is 4.52. The first-order chi connectivity index (χ1) is 16.6. The van der Waals surface area contributed by atoms with Crippen molar-refractivity contribution in [2.45, 2.75) is 40.4 Å². The smallest absolute Gasteiger partial charge is 0.291 e. The Morgan fingerprint density at radius 3 is 2.51 bits per heavy atom. The number of nitrogens with zero attached hydrogens (tertiary/aromatic N) is 1. The van der Waals surface area contributed by atoms with Crippen LogP contribution in [-0.4, -0.2) is 36.6 Å². The lowest BCUT2D eigenvalue weighted by molar-refractivity contribution is -0.0186. The lowest BCUT2D eigenvalue weighted by Crippen LogP contribution is -2.43. The minimum absolute atomic E-state index is 0.00456. The van der Waals surface area contributed by atoms with Crippen LogP contribution in [0.2, 0.25) is 5.02 Å². The topological polar surface area (TPSA) is 108 Å². The van der Waals surface area contributed by atoms with Gasteiger partial charge < -0.3 is 19.1 Å². The van der Waals surface area contributed by atoms with Crippen molar-refractivity contribution in [2.75, 3.05) is 7.11 Å². The van der Waals surface area contributed by atoms with Gasteiger partial charge in [0, 0.05) is 23.1 Å². The van der Waals surface area contributed by atoms with Crippen LogP contribution in [0.3, 0.4) is 0 Å². The maximum absolute atomic E-state index is 13.4. The summed E-state index contributed by atoms with van der Waals surface area (Å²) in [5.74, 6) is 0.904. The monoisotopic (exact) mass is 513 g/mol. The summed E-state index contributed by atoms with van der Waals surface area (Å²) in [5.41, 5.74) is -2.27. The fourth-order valence-electron chi connectivity index (χ4n) is 4.88. The van der Waals surface area contributed by atoms with Gasteiger partial charge in [-0.2, -0.15) is 4.74 Å². The highest BCUT2D eigenvalue weighted by Crippen LogP contribution is 2.63. The zero-order chi connectivity index (χ0) is 24.8. The molecule has 1 N–H and O–H groups in total. The molecule has 0 saturated heterocycles. The minimum Gasteiger partial charge on any atom is -0.497 e. The molecule has 6 rings (SSSR count). The number of rotatable bonds is 4. The highest BCUT2D eigenvalue weighted by atomic mass is 35.5. The zero-order valence-corrected chi connectivity index (χ0v) is 20.3. The average molecular weight is 514 g/mol. The lowest BCUT2D eigenvalue weighted by atomic mass is 9.93. The number of ether oxygens (including phenoxy) is 2. The summed E-state index contributed by atoms with van der Waals surface area (Å²) in [7, 11) is -2.41. The van der Waals surface area contributed by atoms with Crippen molar-refractivity contribution < 1.29 is 27.5 Å². The number of halogens is 1. The van der Waals surface area contributed by atoms with Gasteiger partial charge in [0.25, 0.3) is 5.56 Å². The van der Waals surface area contributed by atoms with E-state index in [4.69, 9.17) is 25.6 Å². The van der Waals surface area contributed by atoms with E-state index in [1.165, 1.54) is 37.4 Å². The maximum Gasteiger partial charge on any atom is 0.291 e. The third-order valence-electron chi connectivity index (χ3n) is 6.95. The number of aliphatic hydroxyl groups is 1. The molecule has 0 bridgehead atoms. The summed E-state index contributed by atoms with van der Waals surface area (Å²) in [6.07, 6.45) is 0.240. The number of sulfone groups is 1. The van der Waals surface area contributed by atoms with Crippen LogP contribution in [0.1, 0.15) is 24.9 Å². The largest absolute Gasteiger partial charge is 0.497 e. The molecule has 2 heterocycles. The quantitative estimate of drug-likeness (QED) is 0.440.